The van der Waals surface area contributed by atoms with E-state index in [1.807, 2.05) is 11.9 Å². The lowest BCUT2D eigenvalue weighted by Crippen LogP contribution is -2.30. The van der Waals surface area contributed by atoms with E-state index >= 15 is 0 Å². The van der Waals surface area contributed by atoms with Crippen LogP contribution in [0.2, 0.25) is 0 Å². The number of hydrogen-bond acceptors (Lipinski definition) is 1. The SMILES string of the molecule is Cc1cc(C)cc(NC(=S)N(C)Cc2ccc(F)cc2)c1. The van der Waals surface area contributed by atoms with Crippen LogP contribution in [0.4, 0.5) is 10.1 Å². The average molecular weight is 302 g/mol. The van der Waals surface area contributed by atoms with Crippen molar-refractivity contribution in [3.63, 3.8) is 0 Å². The highest BCUT2D eigenvalue weighted by atomic mass is 32.1. The lowest BCUT2D eigenvalue weighted by atomic mass is 10.1. The van der Waals surface area contributed by atoms with Crippen LogP contribution in [0.5, 0.6) is 0 Å². The van der Waals surface area contributed by atoms with E-state index in [0.717, 1.165) is 11.3 Å². The minimum Gasteiger partial charge on any atom is -0.348 e. The Morgan fingerprint density at radius 2 is 1.67 bits per heavy atom. The summed E-state index contributed by atoms with van der Waals surface area (Å²) in [6.45, 7) is 4.75. The maximum Gasteiger partial charge on any atom is 0.173 e. The molecule has 0 fully saturated rings. The second-order valence-electron chi connectivity index (χ2n) is 5.29. The molecule has 0 radical (unpaired) electrons. The third-order valence-electron chi connectivity index (χ3n) is 3.15. The third-order valence-corrected chi connectivity index (χ3v) is 3.57. The van der Waals surface area contributed by atoms with E-state index in [1.165, 1.54) is 23.3 Å². The highest BCUT2D eigenvalue weighted by Gasteiger charge is 2.06. The van der Waals surface area contributed by atoms with Crippen LogP contribution in [0, 0.1) is 19.7 Å². The molecule has 1 N–H and O–H groups in total. The number of benzene rings is 2. The summed E-state index contributed by atoms with van der Waals surface area (Å²) in [6.07, 6.45) is 0. The van der Waals surface area contributed by atoms with Crippen LogP contribution in [0.25, 0.3) is 0 Å². The van der Waals surface area contributed by atoms with Gasteiger partial charge in [-0.2, -0.15) is 0 Å². The molecule has 0 atom stereocenters. The van der Waals surface area contributed by atoms with E-state index in [9.17, 15) is 4.39 Å². The fraction of sp³-hybridized carbons (Fsp3) is 0.235. The largest absolute Gasteiger partial charge is 0.348 e. The maximum atomic E-state index is 12.9. The number of thiocarbonyl (C=S) groups is 1. The number of halogens is 1. The van der Waals surface area contributed by atoms with Crippen molar-refractivity contribution in [3.8, 4) is 0 Å². The molecule has 0 aliphatic rings. The summed E-state index contributed by atoms with van der Waals surface area (Å²) in [5, 5.41) is 3.88. The van der Waals surface area contributed by atoms with Gasteiger partial charge in [0.05, 0.1) is 0 Å². The van der Waals surface area contributed by atoms with Crippen molar-refractivity contribution in [3.05, 3.63) is 65.0 Å². The summed E-state index contributed by atoms with van der Waals surface area (Å²) in [5.41, 5.74) is 4.40. The summed E-state index contributed by atoms with van der Waals surface area (Å²) in [6, 6.07) is 12.7. The zero-order chi connectivity index (χ0) is 15.4. The monoisotopic (exact) mass is 302 g/mol. The summed E-state index contributed by atoms with van der Waals surface area (Å²) in [4.78, 5) is 1.93. The predicted octanol–water partition coefficient (Wildman–Crippen LogP) is 4.27. The molecular weight excluding hydrogens is 283 g/mol. The summed E-state index contributed by atoms with van der Waals surface area (Å²) >= 11 is 5.41. The van der Waals surface area contributed by atoms with Gasteiger partial charge in [-0.15, -0.1) is 0 Å². The quantitative estimate of drug-likeness (QED) is 0.852. The molecule has 2 aromatic rings. The molecule has 0 aliphatic heterocycles. The third kappa shape index (κ3) is 4.53. The van der Waals surface area contributed by atoms with Crippen LogP contribution >= 0.6 is 12.2 Å². The molecular formula is C17H19FN2S. The molecule has 4 heteroatoms. The van der Waals surface area contributed by atoms with Gasteiger partial charge in [0.2, 0.25) is 0 Å². The van der Waals surface area contributed by atoms with E-state index in [2.05, 4.69) is 37.4 Å². The molecule has 0 spiro atoms. The Kier molecular flexibility index (Phi) is 4.91. The van der Waals surface area contributed by atoms with Crippen molar-refractivity contribution in [2.24, 2.45) is 0 Å². The molecule has 2 nitrogen and oxygen atoms in total. The van der Waals surface area contributed by atoms with Crippen molar-refractivity contribution in [2.75, 3.05) is 12.4 Å². The Morgan fingerprint density at radius 3 is 2.24 bits per heavy atom. The Hall–Kier alpha value is -1.94. The van der Waals surface area contributed by atoms with E-state index in [4.69, 9.17) is 12.2 Å². The zero-order valence-corrected chi connectivity index (χ0v) is 13.3. The minimum atomic E-state index is -0.225. The van der Waals surface area contributed by atoms with Crippen molar-refractivity contribution in [1.29, 1.82) is 0 Å². The number of hydrogen-bond donors (Lipinski definition) is 1. The van der Waals surface area contributed by atoms with Gasteiger partial charge in [-0.1, -0.05) is 18.2 Å². The number of aryl methyl sites for hydroxylation is 2. The minimum absolute atomic E-state index is 0.225. The van der Waals surface area contributed by atoms with Crippen LogP contribution in [-0.4, -0.2) is 17.1 Å². The first-order chi connectivity index (χ1) is 9.94. The molecule has 0 bridgehead atoms. The Morgan fingerprint density at radius 1 is 1.10 bits per heavy atom. The van der Waals surface area contributed by atoms with Crippen molar-refractivity contribution in [1.82, 2.24) is 4.90 Å². The van der Waals surface area contributed by atoms with Gasteiger partial charge < -0.3 is 10.2 Å². The second kappa shape index (κ2) is 6.68. The molecule has 2 rings (SSSR count). The van der Waals surface area contributed by atoms with Crippen molar-refractivity contribution < 1.29 is 4.39 Å². The summed E-state index contributed by atoms with van der Waals surface area (Å²) in [5.74, 6) is -0.225. The molecule has 0 aliphatic carbocycles. The van der Waals surface area contributed by atoms with Gasteiger partial charge in [-0.3, -0.25) is 0 Å². The predicted molar refractivity (Wildman–Crippen MR) is 90.0 cm³/mol. The van der Waals surface area contributed by atoms with Gasteiger partial charge in [0, 0.05) is 19.3 Å². The van der Waals surface area contributed by atoms with Gasteiger partial charge in [-0.25, -0.2) is 4.39 Å². The number of nitrogens with one attached hydrogen (secondary N) is 1. The molecule has 2 aromatic carbocycles. The van der Waals surface area contributed by atoms with Gasteiger partial charge >= 0.3 is 0 Å². The van der Waals surface area contributed by atoms with E-state index < -0.39 is 0 Å². The average Bonchev–Trinajstić information content (AvgIpc) is 2.40. The fourth-order valence-corrected chi connectivity index (χ4v) is 2.38. The summed E-state index contributed by atoms with van der Waals surface area (Å²) in [7, 11) is 1.92. The molecule has 21 heavy (non-hydrogen) atoms. The summed E-state index contributed by atoms with van der Waals surface area (Å²) < 4.78 is 12.9. The number of nitrogens with zero attached hydrogens (tertiary/aromatic N) is 1. The first-order valence-corrected chi connectivity index (χ1v) is 7.20. The van der Waals surface area contributed by atoms with E-state index in [1.54, 1.807) is 12.1 Å². The first kappa shape index (κ1) is 15.4. The Bertz CT molecular complexity index is 617. The lowest BCUT2D eigenvalue weighted by Gasteiger charge is -2.21. The molecule has 110 valence electrons. The van der Waals surface area contributed by atoms with Crippen molar-refractivity contribution in [2.45, 2.75) is 20.4 Å². The zero-order valence-electron chi connectivity index (χ0n) is 12.5. The van der Waals surface area contributed by atoms with Crippen LogP contribution in [0.3, 0.4) is 0 Å². The fourth-order valence-electron chi connectivity index (χ4n) is 2.20. The maximum absolute atomic E-state index is 12.9. The van der Waals surface area contributed by atoms with Crippen LogP contribution < -0.4 is 5.32 Å². The van der Waals surface area contributed by atoms with Gasteiger partial charge in [0.25, 0.3) is 0 Å². The van der Waals surface area contributed by atoms with Crippen LogP contribution in [0.15, 0.2) is 42.5 Å². The lowest BCUT2D eigenvalue weighted by molar-refractivity contribution is 0.507. The van der Waals surface area contributed by atoms with Crippen LogP contribution in [0.1, 0.15) is 16.7 Å². The normalized spacial score (nSPS) is 10.3. The van der Waals surface area contributed by atoms with Gasteiger partial charge in [0.15, 0.2) is 5.11 Å². The van der Waals surface area contributed by atoms with Crippen molar-refractivity contribution >= 4 is 23.0 Å². The molecule has 0 saturated carbocycles. The highest BCUT2D eigenvalue weighted by Crippen LogP contribution is 2.15. The van der Waals surface area contributed by atoms with Gasteiger partial charge in [-0.05, 0) is 67.0 Å². The Balaban J connectivity index is 2.00. The van der Waals surface area contributed by atoms with E-state index in [-0.39, 0.29) is 5.82 Å². The number of anilines is 1. The molecule has 0 aromatic heterocycles. The first-order valence-electron chi connectivity index (χ1n) is 6.79. The highest BCUT2D eigenvalue weighted by molar-refractivity contribution is 7.80. The smallest absolute Gasteiger partial charge is 0.173 e. The van der Waals surface area contributed by atoms with Crippen LogP contribution in [-0.2, 0) is 6.54 Å². The topological polar surface area (TPSA) is 15.3 Å². The molecule has 0 amide bonds. The Labute approximate surface area is 130 Å². The molecule has 0 heterocycles. The second-order valence-corrected chi connectivity index (χ2v) is 5.68. The number of rotatable bonds is 3. The molecule has 0 saturated heterocycles. The van der Waals surface area contributed by atoms with Gasteiger partial charge in [0.1, 0.15) is 5.82 Å². The van der Waals surface area contributed by atoms with E-state index in [0.29, 0.717) is 11.7 Å². The molecule has 0 unspecified atom stereocenters. The standard InChI is InChI=1S/C17H19FN2S/c1-12-8-13(2)10-16(9-12)19-17(21)20(3)11-14-4-6-15(18)7-5-14/h4-10H,11H2,1-3H3,(H,19,21).